The molecule has 3 rings (SSSR count). The fourth-order valence-corrected chi connectivity index (χ4v) is 3.98. The summed E-state index contributed by atoms with van der Waals surface area (Å²) < 4.78 is 4.72. The molecular weight excluding hydrogens is 338 g/mol. The number of fused-ring (bicyclic) bond motifs is 2. The standard InChI is InChI=1S/C15H21N3O3S.ClH/c1-21-15(20)14-12(5-7-22-14)17-13(19)9-18-6-4-10-2-3-11(8-18)16-10;/h5,7,10-11,16H,2-4,6,8-9H2,1H3,(H,17,19);1H. The van der Waals surface area contributed by atoms with E-state index in [1.54, 1.807) is 11.4 Å². The molecule has 2 N–H and O–H groups in total. The number of ether oxygens (including phenoxy) is 1. The minimum atomic E-state index is -0.415. The number of anilines is 1. The van der Waals surface area contributed by atoms with E-state index in [9.17, 15) is 9.59 Å². The molecule has 23 heavy (non-hydrogen) atoms. The van der Waals surface area contributed by atoms with Gasteiger partial charge in [-0.05, 0) is 30.7 Å². The number of likely N-dealkylation sites (tertiary alicyclic amines) is 1. The molecule has 2 saturated heterocycles. The number of halogens is 1. The maximum absolute atomic E-state index is 12.2. The molecule has 128 valence electrons. The highest BCUT2D eigenvalue weighted by Crippen LogP contribution is 2.23. The van der Waals surface area contributed by atoms with Crippen molar-refractivity contribution in [2.75, 3.05) is 32.1 Å². The van der Waals surface area contributed by atoms with E-state index in [2.05, 4.69) is 15.5 Å². The fraction of sp³-hybridized carbons (Fsp3) is 0.600. The summed E-state index contributed by atoms with van der Waals surface area (Å²) >= 11 is 1.27. The predicted molar refractivity (Wildman–Crippen MR) is 92.5 cm³/mol. The number of amides is 1. The Hall–Kier alpha value is -1.15. The van der Waals surface area contributed by atoms with E-state index >= 15 is 0 Å². The first-order valence-corrected chi connectivity index (χ1v) is 8.47. The van der Waals surface area contributed by atoms with Crippen LogP contribution in [0.3, 0.4) is 0 Å². The third-order valence-electron chi connectivity index (χ3n) is 4.28. The van der Waals surface area contributed by atoms with Crippen molar-refractivity contribution in [3.8, 4) is 0 Å². The second kappa shape index (κ2) is 8.10. The van der Waals surface area contributed by atoms with Crippen molar-refractivity contribution >= 4 is 41.3 Å². The maximum atomic E-state index is 12.2. The van der Waals surface area contributed by atoms with Crippen LogP contribution in [0.2, 0.25) is 0 Å². The molecule has 2 aliphatic heterocycles. The number of esters is 1. The molecule has 0 aliphatic carbocycles. The Morgan fingerprint density at radius 1 is 1.39 bits per heavy atom. The molecule has 6 nitrogen and oxygen atoms in total. The molecule has 8 heteroatoms. The van der Waals surface area contributed by atoms with Gasteiger partial charge in [-0.3, -0.25) is 9.69 Å². The highest BCUT2D eigenvalue weighted by atomic mass is 35.5. The zero-order valence-electron chi connectivity index (χ0n) is 13.0. The van der Waals surface area contributed by atoms with E-state index < -0.39 is 5.97 Å². The van der Waals surface area contributed by atoms with Crippen LogP contribution in [0, 0.1) is 0 Å². The monoisotopic (exact) mass is 359 g/mol. The molecule has 1 aromatic rings. The maximum Gasteiger partial charge on any atom is 0.350 e. The van der Waals surface area contributed by atoms with Gasteiger partial charge in [0, 0.05) is 25.2 Å². The van der Waals surface area contributed by atoms with Gasteiger partial charge in [0.1, 0.15) is 4.88 Å². The number of nitrogens with one attached hydrogen (secondary N) is 2. The third kappa shape index (κ3) is 4.44. The van der Waals surface area contributed by atoms with Crippen molar-refractivity contribution in [2.24, 2.45) is 0 Å². The summed E-state index contributed by atoms with van der Waals surface area (Å²) in [5.41, 5.74) is 0.538. The van der Waals surface area contributed by atoms with Gasteiger partial charge in [0.2, 0.25) is 5.91 Å². The highest BCUT2D eigenvalue weighted by molar-refractivity contribution is 7.12. The number of nitrogens with zero attached hydrogens (tertiary/aromatic N) is 1. The van der Waals surface area contributed by atoms with E-state index in [0.717, 1.165) is 19.5 Å². The Labute approximate surface area is 146 Å². The van der Waals surface area contributed by atoms with Crippen LogP contribution in [0.1, 0.15) is 28.9 Å². The van der Waals surface area contributed by atoms with E-state index in [4.69, 9.17) is 4.74 Å². The number of methoxy groups -OCH3 is 1. The molecule has 3 heterocycles. The summed E-state index contributed by atoms with van der Waals surface area (Å²) in [6.07, 6.45) is 3.54. The van der Waals surface area contributed by atoms with Gasteiger partial charge in [-0.2, -0.15) is 0 Å². The lowest BCUT2D eigenvalue weighted by Gasteiger charge is -2.23. The quantitative estimate of drug-likeness (QED) is 0.801. The van der Waals surface area contributed by atoms with E-state index in [0.29, 0.717) is 29.2 Å². The van der Waals surface area contributed by atoms with Gasteiger partial charge in [-0.1, -0.05) is 0 Å². The predicted octanol–water partition coefficient (Wildman–Crippen LogP) is 1.72. The smallest absolute Gasteiger partial charge is 0.350 e. The lowest BCUT2D eigenvalue weighted by Crippen LogP contribution is -2.39. The molecule has 0 spiro atoms. The van der Waals surface area contributed by atoms with E-state index in [1.807, 2.05) is 0 Å². The van der Waals surface area contributed by atoms with Crippen molar-refractivity contribution in [1.82, 2.24) is 10.2 Å². The molecule has 0 radical (unpaired) electrons. The van der Waals surface area contributed by atoms with Gasteiger partial charge < -0.3 is 15.4 Å². The number of carbonyl (C=O) groups is 2. The number of hydrogen-bond donors (Lipinski definition) is 2. The van der Waals surface area contributed by atoms with Crippen molar-refractivity contribution in [3.63, 3.8) is 0 Å². The number of rotatable bonds is 4. The number of carbonyl (C=O) groups excluding carboxylic acids is 2. The van der Waals surface area contributed by atoms with Gasteiger partial charge >= 0.3 is 5.97 Å². The van der Waals surface area contributed by atoms with Gasteiger partial charge in [-0.15, -0.1) is 23.7 Å². The molecule has 2 aliphatic rings. The Balaban J connectivity index is 0.00000192. The minimum absolute atomic E-state index is 0. The fourth-order valence-electron chi connectivity index (χ4n) is 3.21. The Bertz CT molecular complexity index is 566. The molecular formula is C15H22ClN3O3S. The Kier molecular flexibility index (Phi) is 6.41. The summed E-state index contributed by atoms with van der Waals surface area (Å²) in [7, 11) is 1.34. The van der Waals surface area contributed by atoms with Gasteiger partial charge in [-0.25, -0.2) is 4.79 Å². The lowest BCUT2D eigenvalue weighted by molar-refractivity contribution is -0.117. The number of hydrogen-bond acceptors (Lipinski definition) is 6. The Morgan fingerprint density at radius 3 is 2.96 bits per heavy atom. The van der Waals surface area contributed by atoms with E-state index in [-0.39, 0.29) is 18.3 Å². The molecule has 0 saturated carbocycles. The normalized spacial score (nSPS) is 23.7. The second-order valence-electron chi connectivity index (χ2n) is 5.86. The van der Waals surface area contributed by atoms with Crippen LogP contribution in [0.25, 0.3) is 0 Å². The first-order valence-electron chi connectivity index (χ1n) is 7.60. The lowest BCUT2D eigenvalue weighted by atomic mass is 10.1. The van der Waals surface area contributed by atoms with Crippen LogP contribution < -0.4 is 10.6 Å². The van der Waals surface area contributed by atoms with Crippen molar-refractivity contribution in [2.45, 2.75) is 31.3 Å². The molecule has 0 aromatic carbocycles. The SMILES string of the molecule is COC(=O)c1sccc1NC(=O)CN1CCC2CCC(C1)N2.Cl. The average Bonchev–Trinajstić information content (AvgIpc) is 3.07. The summed E-state index contributed by atoms with van der Waals surface area (Å²) in [5.74, 6) is -0.497. The van der Waals surface area contributed by atoms with Gasteiger partial charge in [0.15, 0.2) is 0 Å². The first-order chi connectivity index (χ1) is 10.7. The zero-order valence-corrected chi connectivity index (χ0v) is 14.7. The van der Waals surface area contributed by atoms with Crippen LogP contribution in [0.4, 0.5) is 5.69 Å². The minimum Gasteiger partial charge on any atom is -0.465 e. The van der Waals surface area contributed by atoms with Gasteiger partial charge in [0.05, 0.1) is 19.3 Å². The molecule has 2 bridgehead atoms. The molecule has 2 atom stereocenters. The van der Waals surface area contributed by atoms with Crippen molar-refractivity contribution in [3.05, 3.63) is 16.3 Å². The van der Waals surface area contributed by atoms with Crippen molar-refractivity contribution in [1.29, 1.82) is 0 Å². The molecule has 2 unspecified atom stereocenters. The van der Waals surface area contributed by atoms with Crippen LogP contribution in [0.15, 0.2) is 11.4 Å². The average molecular weight is 360 g/mol. The Morgan fingerprint density at radius 2 is 2.17 bits per heavy atom. The third-order valence-corrected chi connectivity index (χ3v) is 5.18. The summed E-state index contributed by atoms with van der Waals surface area (Å²) in [4.78, 5) is 26.5. The van der Waals surface area contributed by atoms with Gasteiger partial charge in [0.25, 0.3) is 0 Å². The summed E-state index contributed by atoms with van der Waals surface area (Å²) in [5, 5.41) is 8.20. The highest BCUT2D eigenvalue weighted by Gasteiger charge is 2.30. The topological polar surface area (TPSA) is 70.7 Å². The van der Waals surface area contributed by atoms with Crippen LogP contribution in [-0.4, -0.2) is 55.6 Å². The second-order valence-corrected chi connectivity index (χ2v) is 6.78. The largest absolute Gasteiger partial charge is 0.465 e. The molecule has 1 aromatic heterocycles. The summed E-state index contributed by atoms with van der Waals surface area (Å²) in [6, 6.07) is 2.86. The van der Waals surface area contributed by atoms with Crippen LogP contribution in [0.5, 0.6) is 0 Å². The van der Waals surface area contributed by atoms with Crippen molar-refractivity contribution < 1.29 is 14.3 Å². The van der Waals surface area contributed by atoms with Crippen LogP contribution >= 0.6 is 23.7 Å². The summed E-state index contributed by atoms with van der Waals surface area (Å²) in [6.45, 7) is 2.22. The van der Waals surface area contributed by atoms with E-state index in [1.165, 1.54) is 31.3 Å². The zero-order chi connectivity index (χ0) is 15.5. The molecule has 1 amide bonds. The first kappa shape index (κ1) is 18.2. The molecule has 2 fully saturated rings. The number of thiophene rings is 1. The van der Waals surface area contributed by atoms with Crippen LogP contribution in [-0.2, 0) is 9.53 Å².